The van der Waals surface area contributed by atoms with Crippen molar-refractivity contribution in [3.05, 3.63) is 40.3 Å². The number of likely N-dealkylation sites (N-methyl/N-ethyl adjacent to an activating group) is 1. The zero-order chi connectivity index (χ0) is 16.4. The summed E-state index contributed by atoms with van der Waals surface area (Å²) >= 11 is 6.40. The van der Waals surface area contributed by atoms with Crippen LogP contribution >= 0.6 is 24.0 Å². The number of rotatable bonds is 2. The molecule has 3 rings (SSSR count). The van der Waals surface area contributed by atoms with Crippen LogP contribution in [0.15, 0.2) is 29.2 Å². The molecule has 7 heteroatoms. The lowest BCUT2D eigenvalue weighted by molar-refractivity contribution is -0.121. The largest absolute Gasteiger partial charge is 0.378 e. The van der Waals surface area contributed by atoms with E-state index >= 15 is 0 Å². The Bertz CT molecular complexity index is 679. The molecule has 2 aliphatic rings. The number of nitrogens with zero attached hydrogens (tertiary/aromatic N) is 2. The Hall–Kier alpha value is -1.70. The molecule has 0 atom stereocenters. The van der Waals surface area contributed by atoms with Crippen molar-refractivity contribution < 1.29 is 14.3 Å². The molecular formula is C16H16N2O3S2. The van der Waals surface area contributed by atoms with Crippen molar-refractivity contribution in [3.63, 3.8) is 0 Å². The molecular weight excluding hydrogens is 332 g/mol. The maximum atomic E-state index is 12.4. The maximum absolute atomic E-state index is 12.4. The van der Waals surface area contributed by atoms with Gasteiger partial charge < -0.3 is 9.64 Å². The van der Waals surface area contributed by atoms with E-state index in [0.29, 0.717) is 41.1 Å². The number of hydrogen-bond donors (Lipinski definition) is 0. The summed E-state index contributed by atoms with van der Waals surface area (Å²) in [4.78, 5) is 28.2. The van der Waals surface area contributed by atoms with Crippen LogP contribution in [0, 0.1) is 0 Å². The molecule has 2 heterocycles. The fourth-order valence-corrected chi connectivity index (χ4v) is 3.55. The van der Waals surface area contributed by atoms with E-state index in [9.17, 15) is 9.59 Å². The predicted octanol–water partition coefficient (Wildman–Crippen LogP) is 1.99. The number of morpholine rings is 1. The third-order valence-electron chi connectivity index (χ3n) is 3.74. The molecule has 2 aliphatic heterocycles. The van der Waals surface area contributed by atoms with Gasteiger partial charge in [0.2, 0.25) is 0 Å². The maximum Gasteiger partial charge on any atom is 0.265 e. The van der Waals surface area contributed by atoms with Gasteiger partial charge in [-0.2, -0.15) is 0 Å². The molecule has 0 N–H and O–H groups in total. The number of thiocarbonyl (C=S) groups is 1. The van der Waals surface area contributed by atoms with Gasteiger partial charge in [0, 0.05) is 25.7 Å². The molecule has 0 radical (unpaired) electrons. The summed E-state index contributed by atoms with van der Waals surface area (Å²) < 4.78 is 5.81. The zero-order valence-corrected chi connectivity index (χ0v) is 14.3. The Labute approximate surface area is 144 Å². The van der Waals surface area contributed by atoms with Crippen LogP contribution in [0.2, 0.25) is 0 Å². The average Bonchev–Trinajstić information content (AvgIpc) is 2.83. The number of carbonyl (C=O) groups is 2. The first-order valence-corrected chi connectivity index (χ1v) is 8.47. The Morgan fingerprint density at radius 1 is 1.26 bits per heavy atom. The van der Waals surface area contributed by atoms with Crippen molar-refractivity contribution in [2.24, 2.45) is 0 Å². The minimum absolute atomic E-state index is 0.0136. The highest BCUT2D eigenvalue weighted by Crippen LogP contribution is 2.31. The first-order chi connectivity index (χ1) is 11.1. The molecule has 1 aromatic rings. The summed E-state index contributed by atoms with van der Waals surface area (Å²) in [6, 6.07) is 7.26. The molecule has 0 aromatic heterocycles. The molecule has 0 bridgehead atoms. The van der Waals surface area contributed by atoms with Crippen molar-refractivity contribution in [1.82, 2.24) is 9.80 Å². The number of hydrogen-bond acceptors (Lipinski definition) is 5. The first-order valence-electron chi connectivity index (χ1n) is 7.25. The molecule has 0 aliphatic carbocycles. The van der Waals surface area contributed by atoms with Crippen molar-refractivity contribution in [2.45, 2.75) is 0 Å². The van der Waals surface area contributed by atoms with Gasteiger partial charge in [0.05, 0.1) is 18.1 Å². The lowest BCUT2D eigenvalue weighted by Crippen LogP contribution is -2.40. The van der Waals surface area contributed by atoms with Gasteiger partial charge in [-0.1, -0.05) is 36.1 Å². The number of ether oxygens (including phenoxy) is 1. The highest BCUT2D eigenvalue weighted by Gasteiger charge is 2.28. The fourth-order valence-electron chi connectivity index (χ4n) is 2.37. The van der Waals surface area contributed by atoms with Crippen molar-refractivity contribution in [3.8, 4) is 0 Å². The van der Waals surface area contributed by atoms with E-state index < -0.39 is 0 Å². The molecule has 5 nitrogen and oxygen atoms in total. The lowest BCUT2D eigenvalue weighted by Gasteiger charge is -2.26. The Balaban J connectivity index is 1.73. The monoisotopic (exact) mass is 348 g/mol. The normalized spacial score (nSPS) is 20.5. The van der Waals surface area contributed by atoms with E-state index in [4.69, 9.17) is 17.0 Å². The second kappa shape index (κ2) is 6.82. The summed E-state index contributed by atoms with van der Waals surface area (Å²) in [5, 5.41) is 0. The molecule has 0 saturated carbocycles. The third-order valence-corrected chi connectivity index (χ3v) is 5.22. The summed E-state index contributed by atoms with van der Waals surface area (Å²) in [6.45, 7) is 2.42. The fraction of sp³-hybridized carbons (Fsp3) is 0.312. The second-order valence-corrected chi connectivity index (χ2v) is 6.94. The average molecular weight is 348 g/mol. The Kier molecular flexibility index (Phi) is 4.79. The van der Waals surface area contributed by atoms with Crippen LogP contribution in [0.5, 0.6) is 0 Å². The van der Waals surface area contributed by atoms with Crippen molar-refractivity contribution in [1.29, 1.82) is 0 Å². The van der Waals surface area contributed by atoms with E-state index in [0.717, 1.165) is 5.56 Å². The van der Waals surface area contributed by atoms with Crippen LogP contribution in [-0.4, -0.2) is 59.3 Å². The van der Waals surface area contributed by atoms with Gasteiger partial charge in [-0.25, -0.2) is 0 Å². The summed E-state index contributed by atoms with van der Waals surface area (Å²) in [5.41, 5.74) is 1.52. The smallest absolute Gasteiger partial charge is 0.265 e. The van der Waals surface area contributed by atoms with Crippen LogP contribution in [0.4, 0.5) is 0 Å². The van der Waals surface area contributed by atoms with E-state index in [1.165, 1.54) is 16.7 Å². The molecule has 2 fully saturated rings. The predicted molar refractivity (Wildman–Crippen MR) is 94.1 cm³/mol. The van der Waals surface area contributed by atoms with Crippen LogP contribution in [0.3, 0.4) is 0 Å². The summed E-state index contributed by atoms with van der Waals surface area (Å²) in [5.74, 6) is -0.0757. The van der Waals surface area contributed by atoms with E-state index in [2.05, 4.69) is 0 Å². The second-order valence-electron chi connectivity index (χ2n) is 5.27. The molecule has 2 amide bonds. The molecule has 23 heavy (non-hydrogen) atoms. The van der Waals surface area contributed by atoms with Crippen LogP contribution < -0.4 is 0 Å². The number of carbonyl (C=O) groups excluding carboxylic acids is 2. The first kappa shape index (κ1) is 16.2. The SMILES string of the molecule is CN1C(=O)/C(=C\c2ccc(C(=O)N3CCOCC3)cc2)SC1=S. The standard InChI is InChI=1S/C16H16N2O3S2/c1-17-15(20)13(23-16(17)22)10-11-2-4-12(5-3-11)14(19)18-6-8-21-9-7-18/h2-5,10H,6-9H2,1H3/b13-10+. The highest BCUT2D eigenvalue weighted by atomic mass is 32.2. The number of benzene rings is 1. The van der Waals surface area contributed by atoms with Crippen LogP contribution in [0.25, 0.3) is 6.08 Å². The summed E-state index contributed by atoms with van der Waals surface area (Å²) in [6.07, 6.45) is 1.80. The Morgan fingerprint density at radius 2 is 1.91 bits per heavy atom. The summed E-state index contributed by atoms with van der Waals surface area (Å²) in [7, 11) is 1.67. The van der Waals surface area contributed by atoms with Gasteiger partial charge in [-0.3, -0.25) is 14.5 Å². The van der Waals surface area contributed by atoms with Crippen LogP contribution in [-0.2, 0) is 9.53 Å². The minimum atomic E-state index is -0.0894. The third kappa shape index (κ3) is 3.46. The van der Waals surface area contributed by atoms with Crippen molar-refractivity contribution in [2.75, 3.05) is 33.4 Å². The van der Waals surface area contributed by atoms with Gasteiger partial charge in [-0.05, 0) is 23.8 Å². The van der Waals surface area contributed by atoms with Gasteiger partial charge >= 0.3 is 0 Å². The Morgan fingerprint density at radius 3 is 2.48 bits per heavy atom. The molecule has 0 spiro atoms. The topological polar surface area (TPSA) is 49.9 Å². The molecule has 0 unspecified atom stereocenters. The molecule has 2 saturated heterocycles. The van der Waals surface area contributed by atoms with Gasteiger partial charge in [0.1, 0.15) is 4.32 Å². The minimum Gasteiger partial charge on any atom is -0.378 e. The van der Waals surface area contributed by atoms with E-state index in [1.807, 2.05) is 12.1 Å². The number of thioether (sulfide) groups is 1. The van der Waals surface area contributed by atoms with Gasteiger partial charge in [0.15, 0.2) is 0 Å². The molecule has 1 aromatic carbocycles. The van der Waals surface area contributed by atoms with Gasteiger partial charge in [0.25, 0.3) is 11.8 Å². The quantitative estimate of drug-likeness (QED) is 0.604. The lowest BCUT2D eigenvalue weighted by atomic mass is 10.1. The highest BCUT2D eigenvalue weighted by molar-refractivity contribution is 8.26. The zero-order valence-electron chi connectivity index (χ0n) is 12.7. The van der Waals surface area contributed by atoms with E-state index in [1.54, 1.807) is 30.2 Å². The van der Waals surface area contributed by atoms with E-state index in [-0.39, 0.29) is 11.8 Å². The van der Waals surface area contributed by atoms with Crippen molar-refractivity contribution >= 4 is 46.2 Å². The van der Waals surface area contributed by atoms with Gasteiger partial charge in [-0.15, -0.1) is 0 Å². The number of amides is 2. The molecule has 120 valence electrons. The van der Waals surface area contributed by atoms with Crippen LogP contribution in [0.1, 0.15) is 15.9 Å².